The SMILES string of the molecule is COc1cc(N)ccc1-c1nc(-c2occc2C)no1. The van der Waals surface area contributed by atoms with E-state index >= 15 is 0 Å². The summed E-state index contributed by atoms with van der Waals surface area (Å²) in [5.41, 5.74) is 7.96. The van der Waals surface area contributed by atoms with Gasteiger partial charge in [0.1, 0.15) is 5.75 Å². The number of furan rings is 1. The number of nitrogens with zero attached hydrogens (tertiary/aromatic N) is 2. The largest absolute Gasteiger partial charge is 0.496 e. The maximum atomic E-state index is 5.72. The maximum absolute atomic E-state index is 5.72. The topological polar surface area (TPSA) is 87.3 Å². The van der Waals surface area contributed by atoms with Crippen LogP contribution >= 0.6 is 0 Å². The van der Waals surface area contributed by atoms with Crippen molar-refractivity contribution in [3.63, 3.8) is 0 Å². The number of methoxy groups -OCH3 is 1. The van der Waals surface area contributed by atoms with Crippen molar-refractivity contribution < 1.29 is 13.7 Å². The summed E-state index contributed by atoms with van der Waals surface area (Å²) in [6.45, 7) is 1.92. The molecule has 102 valence electrons. The fourth-order valence-corrected chi connectivity index (χ4v) is 1.91. The molecule has 0 fully saturated rings. The number of rotatable bonds is 3. The van der Waals surface area contributed by atoms with Gasteiger partial charge in [0.2, 0.25) is 5.82 Å². The molecular formula is C14H13N3O3. The van der Waals surface area contributed by atoms with Crippen LogP contribution in [0.5, 0.6) is 5.75 Å². The van der Waals surface area contributed by atoms with E-state index in [2.05, 4.69) is 10.1 Å². The monoisotopic (exact) mass is 271 g/mol. The highest BCUT2D eigenvalue weighted by Gasteiger charge is 2.17. The number of hydrogen-bond donors (Lipinski definition) is 1. The Hall–Kier alpha value is -2.76. The van der Waals surface area contributed by atoms with Crippen LogP contribution in [0.4, 0.5) is 5.69 Å². The number of nitrogens with two attached hydrogens (primary N) is 1. The fourth-order valence-electron chi connectivity index (χ4n) is 1.91. The number of anilines is 1. The Balaban J connectivity index is 2.05. The minimum Gasteiger partial charge on any atom is -0.496 e. The molecule has 0 atom stereocenters. The van der Waals surface area contributed by atoms with E-state index in [-0.39, 0.29) is 0 Å². The minimum absolute atomic E-state index is 0.354. The molecule has 6 nitrogen and oxygen atoms in total. The highest BCUT2D eigenvalue weighted by Crippen LogP contribution is 2.32. The maximum Gasteiger partial charge on any atom is 0.262 e. The highest BCUT2D eigenvalue weighted by molar-refractivity contribution is 5.68. The zero-order chi connectivity index (χ0) is 14.1. The van der Waals surface area contributed by atoms with E-state index in [4.69, 9.17) is 19.4 Å². The third-order valence-corrected chi connectivity index (χ3v) is 2.95. The molecule has 0 unspecified atom stereocenters. The summed E-state index contributed by atoms with van der Waals surface area (Å²) in [7, 11) is 1.56. The standard InChI is InChI=1S/C14H13N3O3/c1-8-5-6-19-12(8)13-16-14(20-17-13)10-4-3-9(15)7-11(10)18-2/h3-7H,15H2,1-2H3. The van der Waals surface area contributed by atoms with E-state index < -0.39 is 0 Å². The van der Waals surface area contributed by atoms with Gasteiger partial charge in [0, 0.05) is 11.8 Å². The summed E-state index contributed by atoms with van der Waals surface area (Å²) in [6, 6.07) is 7.08. The molecule has 0 aliphatic heterocycles. The number of ether oxygens (including phenoxy) is 1. The van der Waals surface area contributed by atoms with Crippen molar-refractivity contribution in [2.75, 3.05) is 12.8 Å². The van der Waals surface area contributed by atoms with Crippen LogP contribution in [-0.2, 0) is 0 Å². The van der Waals surface area contributed by atoms with E-state index in [0.29, 0.717) is 34.5 Å². The van der Waals surface area contributed by atoms with Gasteiger partial charge >= 0.3 is 0 Å². The zero-order valence-corrected chi connectivity index (χ0v) is 11.1. The molecule has 3 aromatic rings. The molecule has 0 saturated carbocycles. The van der Waals surface area contributed by atoms with E-state index in [1.54, 1.807) is 31.6 Å². The first kappa shape index (κ1) is 12.3. The first-order valence-electron chi connectivity index (χ1n) is 6.01. The lowest BCUT2D eigenvalue weighted by Gasteiger charge is -2.05. The average molecular weight is 271 g/mol. The Bertz CT molecular complexity index is 746. The van der Waals surface area contributed by atoms with Crippen LogP contribution < -0.4 is 10.5 Å². The molecule has 1 aromatic carbocycles. The fraction of sp³-hybridized carbons (Fsp3) is 0.143. The Kier molecular flexibility index (Phi) is 2.90. The first-order valence-corrected chi connectivity index (χ1v) is 6.01. The van der Waals surface area contributed by atoms with Gasteiger partial charge in [-0.25, -0.2) is 0 Å². The second-order valence-corrected chi connectivity index (χ2v) is 4.32. The minimum atomic E-state index is 0.354. The van der Waals surface area contributed by atoms with Crippen LogP contribution in [0.1, 0.15) is 5.56 Å². The van der Waals surface area contributed by atoms with Crippen LogP contribution in [-0.4, -0.2) is 17.3 Å². The van der Waals surface area contributed by atoms with Crippen LogP contribution in [0.3, 0.4) is 0 Å². The number of benzene rings is 1. The molecule has 2 N–H and O–H groups in total. The van der Waals surface area contributed by atoms with E-state index in [1.807, 2.05) is 13.0 Å². The van der Waals surface area contributed by atoms with Gasteiger partial charge in [-0.3, -0.25) is 0 Å². The van der Waals surface area contributed by atoms with Crippen molar-refractivity contribution in [2.24, 2.45) is 0 Å². The molecule has 0 saturated heterocycles. The van der Waals surface area contributed by atoms with Gasteiger partial charge in [-0.15, -0.1) is 0 Å². The van der Waals surface area contributed by atoms with Gasteiger partial charge in [-0.1, -0.05) is 5.16 Å². The van der Waals surface area contributed by atoms with Crippen molar-refractivity contribution in [1.29, 1.82) is 0 Å². The summed E-state index contributed by atoms with van der Waals surface area (Å²) >= 11 is 0. The number of aryl methyl sites for hydroxylation is 1. The smallest absolute Gasteiger partial charge is 0.262 e. The van der Waals surface area contributed by atoms with E-state index in [9.17, 15) is 0 Å². The number of aromatic nitrogens is 2. The Morgan fingerprint density at radius 3 is 2.80 bits per heavy atom. The first-order chi connectivity index (χ1) is 9.69. The van der Waals surface area contributed by atoms with Gasteiger partial charge in [0.15, 0.2) is 5.76 Å². The van der Waals surface area contributed by atoms with Crippen LogP contribution in [0.2, 0.25) is 0 Å². The molecule has 0 aliphatic rings. The van der Waals surface area contributed by atoms with Crippen LogP contribution in [0.25, 0.3) is 23.0 Å². The lowest BCUT2D eigenvalue weighted by atomic mass is 10.2. The Morgan fingerprint density at radius 1 is 1.25 bits per heavy atom. The van der Waals surface area contributed by atoms with Crippen molar-refractivity contribution in [3.8, 4) is 28.8 Å². The third kappa shape index (κ3) is 2.01. The molecule has 2 heterocycles. The molecule has 2 aromatic heterocycles. The van der Waals surface area contributed by atoms with Crippen molar-refractivity contribution in [3.05, 3.63) is 36.1 Å². The molecule has 0 amide bonds. The molecule has 0 aliphatic carbocycles. The Labute approximate surface area is 115 Å². The van der Waals surface area contributed by atoms with Gasteiger partial charge in [0.05, 0.1) is 18.9 Å². The Morgan fingerprint density at radius 2 is 2.10 bits per heavy atom. The molecular weight excluding hydrogens is 258 g/mol. The lowest BCUT2D eigenvalue weighted by molar-refractivity contribution is 0.405. The molecule has 0 spiro atoms. The van der Waals surface area contributed by atoms with Crippen LogP contribution in [0.15, 0.2) is 39.5 Å². The lowest BCUT2D eigenvalue weighted by Crippen LogP contribution is -1.91. The highest BCUT2D eigenvalue weighted by atomic mass is 16.5. The van der Waals surface area contributed by atoms with E-state index in [1.165, 1.54) is 0 Å². The summed E-state index contributed by atoms with van der Waals surface area (Å²) in [6.07, 6.45) is 1.59. The molecule has 6 heteroatoms. The summed E-state index contributed by atoms with van der Waals surface area (Å²) in [5, 5.41) is 3.93. The predicted molar refractivity (Wildman–Crippen MR) is 73.1 cm³/mol. The number of hydrogen-bond acceptors (Lipinski definition) is 6. The zero-order valence-electron chi connectivity index (χ0n) is 11.1. The second kappa shape index (κ2) is 4.73. The van der Waals surface area contributed by atoms with Gasteiger partial charge in [0.25, 0.3) is 5.89 Å². The van der Waals surface area contributed by atoms with Crippen molar-refractivity contribution in [2.45, 2.75) is 6.92 Å². The summed E-state index contributed by atoms with van der Waals surface area (Å²) in [4.78, 5) is 4.33. The third-order valence-electron chi connectivity index (χ3n) is 2.95. The molecule has 3 rings (SSSR count). The molecule has 20 heavy (non-hydrogen) atoms. The molecule has 0 radical (unpaired) electrons. The average Bonchev–Trinajstić information content (AvgIpc) is 3.07. The van der Waals surface area contributed by atoms with Gasteiger partial charge < -0.3 is 19.4 Å². The quantitative estimate of drug-likeness (QED) is 0.737. The van der Waals surface area contributed by atoms with Gasteiger partial charge in [-0.2, -0.15) is 4.98 Å². The van der Waals surface area contributed by atoms with E-state index in [0.717, 1.165) is 5.56 Å². The van der Waals surface area contributed by atoms with Crippen molar-refractivity contribution >= 4 is 5.69 Å². The van der Waals surface area contributed by atoms with Crippen molar-refractivity contribution in [1.82, 2.24) is 10.1 Å². The van der Waals surface area contributed by atoms with Crippen LogP contribution in [0, 0.1) is 6.92 Å². The second-order valence-electron chi connectivity index (χ2n) is 4.32. The normalized spacial score (nSPS) is 10.7. The number of nitrogen functional groups attached to an aromatic ring is 1. The van der Waals surface area contributed by atoms with Gasteiger partial charge in [-0.05, 0) is 30.7 Å². The molecule has 0 bridgehead atoms. The predicted octanol–water partition coefficient (Wildman–Crippen LogP) is 2.90. The summed E-state index contributed by atoms with van der Waals surface area (Å²) in [5.74, 6) is 1.93. The summed E-state index contributed by atoms with van der Waals surface area (Å²) < 4.78 is 15.9.